The zero-order chi connectivity index (χ0) is 13.4. The summed E-state index contributed by atoms with van der Waals surface area (Å²) in [4.78, 5) is 0. The Morgan fingerprint density at radius 2 is 2.00 bits per heavy atom. The number of nitrogens with one attached hydrogen (secondary N) is 1. The predicted molar refractivity (Wildman–Crippen MR) is 73.8 cm³/mol. The molecular weight excluding hydrogens is 266 g/mol. The lowest BCUT2D eigenvalue weighted by Gasteiger charge is -2.15. The van der Waals surface area contributed by atoms with E-state index in [1.807, 2.05) is 13.0 Å². The smallest absolute Gasteiger partial charge is 0.180 e. The molecule has 0 fully saturated rings. The zero-order valence-corrected chi connectivity index (χ0v) is 11.3. The zero-order valence-electron chi connectivity index (χ0n) is 10.5. The first-order valence-electron chi connectivity index (χ1n) is 6.06. The fourth-order valence-corrected chi connectivity index (χ4v) is 2.46. The van der Waals surface area contributed by atoms with Gasteiger partial charge in [0, 0.05) is 17.5 Å². The standard InChI is InChI=1S/C13H14ClN3O2/c1-7-8(9-6-16-17-13(9)15)5-10(14)12-11(7)18-3-2-4-19-12/h5-6H,2-4H2,1H3,(H3,15,16,17). The van der Waals surface area contributed by atoms with Crippen LogP contribution in [0.2, 0.25) is 5.02 Å². The van der Waals surface area contributed by atoms with Gasteiger partial charge < -0.3 is 15.2 Å². The Hall–Kier alpha value is -1.88. The number of halogens is 1. The van der Waals surface area contributed by atoms with Crippen molar-refractivity contribution in [2.45, 2.75) is 13.3 Å². The second kappa shape index (κ2) is 4.66. The van der Waals surface area contributed by atoms with Crippen LogP contribution >= 0.6 is 11.6 Å². The summed E-state index contributed by atoms with van der Waals surface area (Å²) in [6.45, 7) is 3.19. The Kier molecular flexibility index (Phi) is 2.98. The topological polar surface area (TPSA) is 73.2 Å². The average molecular weight is 280 g/mol. The molecule has 0 amide bonds. The van der Waals surface area contributed by atoms with Crippen LogP contribution in [-0.4, -0.2) is 23.4 Å². The molecule has 1 aromatic heterocycles. The quantitative estimate of drug-likeness (QED) is 0.842. The average Bonchev–Trinajstić information content (AvgIpc) is 2.66. The summed E-state index contributed by atoms with van der Waals surface area (Å²) < 4.78 is 11.4. The lowest BCUT2D eigenvalue weighted by Crippen LogP contribution is -1.98. The third kappa shape index (κ3) is 2.00. The number of aromatic amines is 1. The van der Waals surface area contributed by atoms with E-state index in [0.717, 1.165) is 23.1 Å². The van der Waals surface area contributed by atoms with Crippen LogP contribution in [0.4, 0.5) is 5.82 Å². The summed E-state index contributed by atoms with van der Waals surface area (Å²) in [7, 11) is 0. The molecule has 6 heteroatoms. The Balaban J connectivity index is 2.20. The highest BCUT2D eigenvalue weighted by Gasteiger charge is 2.21. The van der Waals surface area contributed by atoms with E-state index in [9.17, 15) is 0 Å². The maximum atomic E-state index is 6.28. The molecule has 0 spiro atoms. The molecule has 0 atom stereocenters. The summed E-state index contributed by atoms with van der Waals surface area (Å²) >= 11 is 6.28. The molecule has 0 saturated carbocycles. The van der Waals surface area contributed by atoms with Crippen molar-refractivity contribution in [3.63, 3.8) is 0 Å². The summed E-state index contributed by atoms with van der Waals surface area (Å²) in [6, 6.07) is 1.84. The van der Waals surface area contributed by atoms with Crippen molar-refractivity contribution in [2.75, 3.05) is 18.9 Å². The van der Waals surface area contributed by atoms with Crippen LogP contribution in [0.15, 0.2) is 12.3 Å². The van der Waals surface area contributed by atoms with E-state index in [1.165, 1.54) is 0 Å². The lowest BCUT2D eigenvalue weighted by atomic mass is 10.0. The number of hydrogen-bond acceptors (Lipinski definition) is 4. The Bertz CT molecular complexity index is 625. The summed E-state index contributed by atoms with van der Waals surface area (Å²) in [5, 5.41) is 7.18. The van der Waals surface area contributed by atoms with Crippen LogP contribution < -0.4 is 15.2 Å². The van der Waals surface area contributed by atoms with Gasteiger partial charge in [-0.25, -0.2) is 0 Å². The first kappa shape index (κ1) is 12.2. The second-order valence-electron chi connectivity index (χ2n) is 4.44. The van der Waals surface area contributed by atoms with Gasteiger partial charge in [0.1, 0.15) is 5.82 Å². The van der Waals surface area contributed by atoms with Gasteiger partial charge in [-0.2, -0.15) is 5.10 Å². The second-order valence-corrected chi connectivity index (χ2v) is 4.84. The van der Waals surface area contributed by atoms with Gasteiger partial charge in [0.05, 0.1) is 24.4 Å². The number of H-pyrrole nitrogens is 1. The highest BCUT2D eigenvalue weighted by Crippen LogP contribution is 2.45. The minimum Gasteiger partial charge on any atom is -0.489 e. The van der Waals surface area contributed by atoms with Crippen LogP contribution in [0.25, 0.3) is 11.1 Å². The molecule has 0 bridgehead atoms. The number of aromatic nitrogens is 2. The van der Waals surface area contributed by atoms with E-state index in [1.54, 1.807) is 6.20 Å². The van der Waals surface area contributed by atoms with Crippen molar-refractivity contribution in [2.24, 2.45) is 0 Å². The molecule has 0 radical (unpaired) electrons. The van der Waals surface area contributed by atoms with Gasteiger partial charge >= 0.3 is 0 Å². The Labute approximate surface area is 115 Å². The number of nitrogen functional groups attached to an aromatic ring is 1. The molecule has 5 nitrogen and oxygen atoms in total. The van der Waals surface area contributed by atoms with Crippen molar-refractivity contribution in [1.29, 1.82) is 0 Å². The summed E-state index contributed by atoms with van der Waals surface area (Å²) in [5.74, 6) is 1.82. The third-order valence-corrected chi connectivity index (χ3v) is 3.46. The molecule has 1 aliphatic heterocycles. The molecule has 19 heavy (non-hydrogen) atoms. The number of ether oxygens (including phenoxy) is 2. The van der Waals surface area contributed by atoms with Gasteiger partial charge in [-0.1, -0.05) is 11.6 Å². The van der Waals surface area contributed by atoms with Gasteiger partial charge in [0.2, 0.25) is 0 Å². The Morgan fingerprint density at radius 1 is 1.26 bits per heavy atom. The van der Waals surface area contributed by atoms with E-state index in [-0.39, 0.29) is 0 Å². The molecule has 100 valence electrons. The molecule has 2 aromatic rings. The predicted octanol–water partition coefficient (Wildman–Crippen LogP) is 2.78. The van der Waals surface area contributed by atoms with Crippen molar-refractivity contribution in [3.05, 3.63) is 22.8 Å². The molecular formula is C13H14ClN3O2. The van der Waals surface area contributed by atoms with E-state index in [4.69, 9.17) is 26.8 Å². The summed E-state index contributed by atoms with van der Waals surface area (Å²) in [6.07, 6.45) is 2.52. The number of nitrogens with zero attached hydrogens (tertiary/aromatic N) is 1. The molecule has 1 aliphatic rings. The van der Waals surface area contributed by atoms with Crippen LogP contribution in [0.5, 0.6) is 11.5 Å². The molecule has 1 aromatic carbocycles. The normalized spacial score (nSPS) is 14.2. The SMILES string of the molecule is Cc1c(-c2cn[nH]c2N)cc(Cl)c2c1OCCCO2. The fraction of sp³-hybridized carbons (Fsp3) is 0.308. The lowest BCUT2D eigenvalue weighted by molar-refractivity contribution is 0.296. The largest absolute Gasteiger partial charge is 0.489 e. The molecule has 0 aliphatic carbocycles. The Morgan fingerprint density at radius 3 is 2.68 bits per heavy atom. The van der Waals surface area contributed by atoms with Crippen LogP contribution in [0.3, 0.4) is 0 Å². The molecule has 2 heterocycles. The maximum absolute atomic E-state index is 6.28. The van der Waals surface area contributed by atoms with Crippen molar-refractivity contribution >= 4 is 17.4 Å². The van der Waals surface area contributed by atoms with Gasteiger partial charge in [0.15, 0.2) is 11.5 Å². The number of rotatable bonds is 1. The third-order valence-electron chi connectivity index (χ3n) is 3.18. The van der Waals surface area contributed by atoms with Gasteiger partial charge in [-0.15, -0.1) is 0 Å². The molecule has 0 saturated heterocycles. The monoisotopic (exact) mass is 279 g/mol. The number of benzene rings is 1. The van der Waals surface area contributed by atoms with Crippen molar-refractivity contribution in [3.8, 4) is 22.6 Å². The first-order valence-corrected chi connectivity index (χ1v) is 6.44. The number of nitrogens with two attached hydrogens (primary N) is 1. The first-order chi connectivity index (χ1) is 9.18. The molecule has 3 rings (SSSR count). The van der Waals surface area contributed by atoms with E-state index in [0.29, 0.717) is 35.6 Å². The fourth-order valence-electron chi connectivity index (χ4n) is 2.21. The highest BCUT2D eigenvalue weighted by atomic mass is 35.5. The van der Waals surface area contributed by atoms with Crippen molar-refractivity contribution in [1.82, 2.24) is 10.2 Å². The number of anilines is 1. The van der Waals surface area contributed by atoms with Crippen LogP contribution in [0, 0.1) is 6.92 Å². The van der Waals surface area contributed by atoms with E-state index < -0.39 is 0 Å². The number of hydrogen-bond donors (Lipinski definition) is 2. The van der Waals surface area contributed by atoms with E-state index in [2.05, 4.69) is 10.2 Å². The highest BCUT2D eigenvalue weighted by molar-refractivity contribution is 6.32. The number of fused-ring (bicyclic) bond motifs is 1. The maximum Gasteiger partial charge on any atom is 0.180 e. The van der Waals surface area contributed by atoms with Gasteiger partial charge in [-0.3, -0.25) is 5.10 Å². The minimum absolute atomic E-state index is 0.508. The van der Waals surface area contributed by atoms with Gasteiger partial charge in [0.25, 0.3) is 0 Å². The minimum atomic E-state index is 0.508. The van der Waals surface area contributed by atoms with Crippen LogP contribution in [0.1, 0.15) is 12.0 Å². The molecule has 0 unspecified atom stereocenters. The van der Waals surface area contributed by atoms with Crippen LogP contribution in [-0.2, 0) is 0 Å². The summed E-state index contributed by atoms with van der Waals surface area (Å²) in [5.41, 5.74) is 8.54. The molecule has 3 N–H and O–H groups in total. The van der Waals surface area contributed by atoms with Crippen molar-refractivity contribution < 1.29 is 9.47 Å². The van der Waals surface area contributed by atoms with Gasteiger partial charge in [-0.05, 0) is 18.6 Å². The van der Waals surface area contributed by atoms with E-state index >= 15 is 0 Å².